The van der Waals surface area contributed by atoms with Crippen molar-refractivity contribution in [3.8, 4) is 0 Å². The average molecular weight is 379 g/mol. The minimum Gasteiger partial charge on any atom is -0.274 e. The second kappa shape index (κ2) is 7.51. The van der Waals surface area contributed by atoms with Crippen LogP contribution in [0.3, 0.4) is 0 Å². The van der Waals surface area contributed by atoms with Crippen LogP contribution in [0.1, 0.15) is 26.2 Å². The van der Waals surface area contributed by atoms with Crippen LogP contribution < -0.4 is 4.72 Å². The summed E-state index contributed by atoms with van der Waals surface area (Å²) in [7, 11) is -3.99. The molecular formula is C12H15BrN2O5S. The Hall–Kier alpha value is -1.48. The van der Waals surface area contributed by atoms with Gasteiger partial charge in [-0.1, -0.05) is 22.9 Å². The highest BCUT2D eigenvalue weighted by Gasteiger charge is 2.19. The van der Waals surface area contributed by atoms with E-state index >= 15 is 0 Å². The predicted octanol–water partition coefficient (Wildman–Crippen LogP) is 2.35. The minimum atomic E-state index is -3.99. The largest absolute Gasteiger partial charge is 0.274 e. The highest BCUT2D eigenvalue weighted by Crippen LogP contribution is 2.16. The molecule has 116 valence electrons. The van der Waals surface area contributed by atoms with Gasteiger partial charge in [-0.15, -0.1) is 0 Å². The molecule has 7 nitrogen and oxygen atoms in total. The van der Waals surface area contributed by atoms with Gasteiger partial charge >= 0.3 is 0 Å². The number of alkyl halides is 1. The highest BCUT2D eigenvalue weighted by molar-refractivity contribution is 9.09. The summed E-state index contributed by atoms with van der Waals surface area (Å²) >= 11 is 3.36. The fourth-order valence-corrected chi connectivity index (χ4v) is 2.74. The van der Waals surface area contributed by atoms with E-state index in [2.05, 4.69) is 15.9 Å². The van der Waals surface area contributed by atoms with E-state index in [0.717, 1.165) is 30.7 Å². The van der Waals surface area contributed by atoms with E-state index in [1.807, 2.05) is 11.6 Å². The standard InChI is InChI=1S/C12H15BrN2O5S/c1-2-9(13)3-8-12(16)14-21(19,20)11-6-4-10(5-7-11)15(17)18/h4-7,9H,2-3,8H2,1H3,(H,14,16). The molecule has 0 fully saturated rings. The van der Waals surface area contributed by atoms with Gasteiger partial charge in [0.05, 0.1) is 9.82 Å². The lowest BCUT2D eigenvalue weighted by atomic mass is 10.2. The molecule has 1 N–H and O–H groups in total. The number of nitro benzene ring substituents is 1. The summed E-state index contributed by atoms with van der Waals surface area (Å²) in [6, 6.07) is 4.33. The van der Waals surface area contributed by atoms with Crippen molar-refractivity contribution < 1.29 is 18.1 Å². The summed E-state index contributed by atoms with van der Waals surface area (Å²) in [5, 5.41) is 10.5. The molecule has 0 heterocycles. The lowest BCUT2D eigenvalue weighted by Gasteiger charge is -2.08. The SMILES string of the molecule is CCC(Br)CCC(=O)NS(=O)(=O)c1ccc([N+](=O)[O-])cc1. The zero-order valence-electron chi connectivity index (χ0n) is 11.3. The van der Waals surface area contributed by atoms with E-state index in [-0.39, 0.29) is 21.8 Å². The Bertz CT molecular complexity index is 615. The lowest BCUT2D eigenvalue weighted by molar-refractivity contribution is -0.384. The molecule has 21 heavy (non-hydrogen) atoms. The number of carbonyl (C=O) groups excluding carboxylic acids is 1. The summed E-state index contributed by atoms with van der Waals surface area (Å²) in [5.41, 5.74) is -0.217. The Labute approximate surface area is 131 Å². The van der Waals surface area contributed by atoms with Crippen molar-refractivity contribution in [2.75, 3.05) is 0 Å². The Kier molecular flexibility index (Phi) is 6.28. The number of hydrogen-bond acceptors (Lipinski definition) is 5. The zero-order valence-corrected chi connectivity index (χ0v) is 13.7. The average Bonchev–Trinajstić information content (AvgIpc) is 2.44. The number of non-ortho nitro benzene ring substituents is 1. The van der Waals surface area contributed by atoms with Crippen LogP contribution in [-0.2, 0) is 14.8 Å². The van der Waals surface area contributed by atoms with Gasteiger partial charge in [0, 0.05) is 23.4 Å². The van der Waals surface area contributed by atoms with Gasteiger partial charge in [-0.2, -0.15) is 0 Å². The first-order chi connectivity index (χ1) is 9.76. The molecule has 0 spiro atoms. The predicted molar refractivity (Wildman–Crippen MR) is 80.7 cm³/mol. The van der Waals surface area contributed by atoms with Crippen molar-refractivity contribution in [2.24, 2.45) is 0 Å². The maximum Gasteiger partial charge on any atom is 0.269 e. The number of sulfonamides is 1. The molecule has 1 unspecified atom stereocenters. The van der Waals surface area contributed by atoms with Crippen molar-refractivity contribution in [1.29, 1.82) is 0 Å². The van der Waals surface area contributed by atoms with Gasteiger partial charge in [0.25, 0.3) is 15.7 Å². The van der Waals surface area contributed by atoms with Crippen molar-refractivity contribution >= 4 is 37.5 Å². The zero-order chi connectivity index (χ0) is 16.0. The van der Waals surface area contributed by atoms with Gasteiger partial charge in [-0.3, -0.25) is 14.9 Å². The summed E-state index contributed by atoms with van der Waals surface area (Å²) in [6.07, 6.45) is 1.44. The van der Waals surface area contributed by atoms with E-state index < -0.39 is 20.9 Å². The molecule has 0 aromatic heterocycles. The third kappa shape index (κ3) is 5.43. The normalized spacial score (nSPS) is 12.7. The second-order valence-corrected chi connectivity index (χ2v) is 7.30. The van der Waals surface area contributed by atoms with E-state index in [1.165, 1.54) is 0 Å². The minimum absolute atomic E-state index is 0.0793. The van der Waals surface area contributed by atoms with Crippen LogP contribution in [-0.4, -0.2) is 24.1 Å². The topological polar surface area (TPSA) is 106 Å². The van der Waals surface area contributed by atoms with Crippen LogP contribution in [0.5, 0.6) is 0 Å². The van der Waals surface area contributed by atoms with Crippen LogP contribution in [0.4, 0.5) is 5.69 Å². The number of rotatable bonds is 7. The Balaban J connectivity index is 2.72. The molecule has 1 aromatic rings. The van der Waals surface area contributed by atoms with E-state index in [9.17, 15) is 23.3 Å². The summed E-state index contributed by atoms with van der Waals surface area (Å²) < 4.78 is 25.8. The number of nitrogens with zero attached hydrogens (tertiary/aromatic N) is 1. The molecule has 0 radical (unpaired) electrons. The molecule has 0 aliphatic rings. The Morgan fingerprint density at radius 3 is 2.43 bits per heavy atom. The van der Waals surface area contributed by atoms with Crippen molar-refractivity contribution in [3.63, 3.8) is 0 Å². The van der Waals surface area contributed by atoms with Gasteiger partial charge in [-0.25, -0.2) is 13.1 Å². The van der Waals surface area contributed by atoms with Crippen molar-refractivity contribution in [3.05, 3.63) is 34.4 Å². The van der Waals surface area contributed by atoms with E-state index in [1.54, 1.807) is 0 Å². The quantitative estimate of drug-likeness (QED) is 0.445. The van der Waals surface area contributed by atoms with Crippen LogP contribution in [0.15, 0.2) is 29.2 Å². The number of hydrogen-bond donors (Lipinski definition) is 1. The van der Waals surface area contributed by atoms with Gasteiger partial charge in [0.2, 0.25) is 5.91 Å². The molecule has 1 atom stereocenters. The fourth-order valence-electron chi connectivity index (χ4n) is 1.50. The molecule has 0 bridgehead atoms. The molecule has 9 heteroatoms. The molecule has 1 rings (SSSR count). The van der Waals surface area contributed by atoms with Gasteiger partial charge in [0.1, 0.15) is 0 Å². The Morgan fingerprint density at radius 2 is 1.95 bits per heavy atom. The monoisotopic (exact) mass is 378 g/mol. The molecule has 1 amide bonds. The van der Waals surface area contributed by atoms with Crippen LogP contribution in [0.2, 0.25) is 0 Å². The number of halogens is 1. The summed E-state index contributed by atoms with van der Waals surface area (Å²) in [5.74, 6) is -0.605. The third-order valence-electron chi connectivity index (χ3n) is 2.73. The lowest BCUT2D eigenvalue weighted by Crippen LogP contribution is -2.30. The first kappa shape index (κ1) is 17.6. The molecule has 0 aliphatic heterocycles. The molecule has 0 aliphatic carbocycles. The van der Waals surface area contributed by atoms with Crippen LogP contribution >= 0.6 is 15.9 Å². The first-order valence-corrected chi connectivity index (χ1v) is 8.60. The molecule has 0 saturated carbocycles. The Morgan fingerprint density at radius 1 is 1.38 bits per heavy atom. The number of benzene rings is 1. The van der Waals surface area contributed by atoms with Gasteiger partial charge in [0.15, 0.2) is 0 Å². The maximum absolute atomic E-state index is 11.9. The maximum atomic E-state index is 11.9. The van der Waals surface area contributed by atoms with Crippen LogP contribution in [0, 0.1) is 10.1 Å². The number of amides is 1. The van der Waals surface area contributed by atoms with Crippen molar-refractivity contribution in [1.82, 2.24) is 4.72 Å². The van der Waals surface area contributed by atoms with E-state index in [4.69, 9.17) is 0 Å². The number of nitrogens with one attached hydrogen (secondary N) is 1. The smallest absolute Gasteiger partial charge is 0.269 e. The van der Waals surface area contributed by atoms with Gasteiger partial charge < -0.3 is 0 Å². The first-order valence-electron chi connectivity index (χ1n) is 6.20. The summed E-state index contributed by atoms with van der Waals surface area (Å²) in [4.78, 5) is 21.4. The summed E-state index contributed by atoms with van der Waals surface area (Å²) in [6.45, 7) is 1.95. The number of nitro groups is 1. The number of carbonyl (C=O) groups is 1. The van der Waals surface area contributed by atoms with Gasteiger partial charge in [-0.05, 0) is 25.0 Å². The molecule has 0 saturated heterocycles. The third-order valence-corrected chi connectivity index (χ3v) is 5.23. The fraction of sp³-hybridized carbons (Fsp3) is 0.417. The highest BCUT2D eigenvalue weighted by atomic mass is 79.9. The van der Waals surface area contributed by atoms with Crippen molar-refractivity contribution in [2.45, 2.75) is 35.9 Å². The molecular weight excluding hydrogens is 364 g/mol. The van der Waals surface area contributed by atoms with Crippen LogP contribution in [0.25, 0.3) is 0 Å². The second-order valence-electron chi connectivity index (χ2n) is 4.32. The molecule has 1 aromatic carbocycles. The van der Waals surface area contributed by atoms with E-state index in [0.29, 0.717) is 6.42 Å².